The van der Waals surface area contributed by atoms with Crippen LogP contribution in [0.3, 0.4) is 0 Å². The lowest BCUT2D eigenvalue weighted by atomic mass is 10.2. The van der Waals surface area contributed by atoms with Gasteiger partial charge in [0.15, 0.2) is 0 Å². The minimum absolute atomic E-state index is 0.264. The molecule has 0 aromatic carbocycles. The van der Waals surface area contributed by atoms with E-state index in [0.29, 0.717) is 18.7 Å². The highest BCUT2D eigenvalue weighted by Crippen LogP contribution is 2.04. The van der Waals surface area contributed by atoms with Gasteiger partial charge in [0.1, 0.15) is 5.82 Å². The first kappa shape index (κ1) is 17.7. The first-order chi connectivity index (χ1) is 10.4. The topological polar surface area (TPSA) is 85.9 Å². The highest BCUT2D eigenvalue weighted by molar-refractivity contribution is 5.68. The van der Waals surface area contributed by atoms with E-state index >= 15 is 0 Å². The molecular weight excluding hydrogens is 288 g/mol. The minimum Gasteiger partial charge on any atom is -0.469 e. The van der Waals surface area contributed by atoms with Crippen LogP contribution in [0.4, 0.5) is 5.82 Å². The van der Waals surface area contributed by atoms with Gasteiger partial charge in [0, 0.05) is 40.2 Å². The van der Waals surface area contributed by atoms with Crippen molar-refractivity contribution in [2.45, 2.75) is 25.8 Å². The molecular formula is C14H22N4O4. The van der Waals surface area contributed by atoms with Gasteiger partial charge >= 0.3 is 11.7 Å². The molecule has 0 aliphatic rings. The van der Waals surface area contributed by atoms with Gasteiger partial charge in [-0.2, -0.15) is 0 Å². The Kier molecular flexibility index (Phi) is 6.55. The zero-order chi connectivity index (χ0) is 16.7. The van der Waals surface area contributed by atoms with Crippen LogP contribution in [-0.2, 0) is 23.1 Å². The number of ether oxygens (including phenoxy) is 1. The lowest BCUT2D eigenvalue weighted by Crippen LogP contribution is -2.38. The third-order valence-corrected chi connectivity index (χ3v) is 3.04. The van der Waals surface area contributed by atoms with Crippen LogP contribution in [0, 0.1) is 0 Å². The monoisotopic (exact) mass is 310 g/mol. The molecule has 0 spiro atoms. The van der Waals surface area contributed by atoms with Crippen LogP contribution in [-0.4, -0.2) is 47.5 Å². The summed E-state index contributed by atoms with van der Waals surface area (Å²) in [5.41, 5.74) is -0.816. The Bertz CT molecular complexity index is 658. The molecule has 0 atom stereocenters. The highest BCUT2D eigenvalue weighted by Gasteiger charge is 2.08. The van der Waals surface area contributed by atoms with Crippen molar-refractivity contribution < 1.29 is 9.53 Å². The molecule has 8 nitrogen and oxygen atoms in total. The van der Waals surface area contributed by atoms with E-state index in [2.05, 4.69) is 9.73 Å². The normalized spacial score (nSPS) is 10.9. The zero-order valence-electron chi connectivity index (χ0n) is 13.4. The molecule has 0 radical (unpaired) electrons. The van der Waals surface area contributed by atoms with Crippen LogP contribution < -0.4 is 11.2 Å². The number of esters is 1. The van der Waals surface area contributed by atoms with Crippen LogP contribution in [0.2, 0.25) is 0 Å². The number of hydrogen-bond donors (Lipinski definition) is 0. The van der Waals surface area contributed by atoms with Crippen molar-refractivity contribution in [2.75, 3.05) is 21.2 Å². The van der Waals surface area contributed by atoms with Crippen LogP contribution in [0.25, 0.3) is 0 Å². The van der Waals surface area contributed by atoms with Gasteiger partial charge in [-0.3, -0.25) is 18.7 Å². The molecule has 1 aromatic heterocycles. The molecule has 0 aliphatic carbocycles. The quantitative estimate of drug-likeness (QED) is 0.309. The van der Waals surface area contributed by atoms with Crippen molar-refractivity contribution in [1.82, 2.24) is 14.0 Å². The number of aliphatic imine (C=N–C) groups is 1. The summed E-state index contributed by atoms with van der Waals surface area (Å²) in [7, 11) is 6.49. The fourth-order valence-electron chi connectivity index (χ4n) is 1.80. The van der Waals surface area contributed by atoms with E-state index in [1.165, 1.54) is 24.1 Å². The maximum atomic E-state index is 12.2. The number of aromatic nitrogens is 2. The Balaban J connectivity index is 2.86. The predicted molar refractivity (Wildman–Crippen MR) is 83.6 cm³/mol. The third kappa shape index (κ3) is 4.87. The molecule has 0 unspecified atom stereocenters. The SMILES string of the molecule is COC(=O)CCCCn1c(=O)cc(N=CN(C)C)n(C)c1=O. The predicted octanol–water partition coefficient (Wildman–Crippen LogP) is 0.112. The molecule has 0 saturated heterocycles. The first-order valence-corrected chi connectivity index (χ1v) is 6.95. The van der Waals surface area contributed by atoms with Crippen LogP contribution in [0.1, 0.15) is 19.3 Å². The molecule has 0 fully saturated rings. The number of nitrogens with zero attached hydrogens (tertiary/aromatic N) is 4. The second-order valence-electron chi connectivity index (χ2n) is 5.08. The lowest BCUT2D eigenvalue weighted by molar-refractivity contribution is -0.140. The Hall–Kier alpha value is -2.38. The largest absolute Gasteiger partial charge is 0.469 e. The molecule has 8 heteroatoms. The number of rotatable bonds is 7. The summed E-state index contributed by atoms with van der Waals surface area (Å²) in [4.78, 5) is 41.0. The van der Waals surface area contributed by atoms with Gasteiger partial charge in [-0.25, -0.2) is 9.79 Å². The van der Waals surface area contributed by atoms with Gasteiger partial charge < -0.3 is 9.64 Å². The molecule has 0 bridgehead atoms. The van der Waals surface area contributed by atoms with Crippen molar-refractivity contribution in [3.8, 4) is 0 Å². The summed E-state index contributed by atoms with van der Waals surface area (Å²) < 4.78 is 7.00. The molecule has 0 saturated carbocycles. The summed E-state index contributed by atoms with van der Waals surface area (Å²) in [6.45, 7) is 0.264. The fraction of sp³-hybridized carbons (Fsp3) is 0.571. The highest BCUT2D eigenvalue weighted by atomic mass is 16.5. The molecule has 0 N–H and O–H groups in total. The molecule has 122 valence electrons. The second kappa shape index (κ2) is 8.16. The Morgan fingerprint density at radius 2 is 2.05 bits per heavy atom. The van der Waals surface area contributed by atoms with Crippen LogP contribution in [0.5, 0.6) is 0 Å². The van der Waals surface area contributed by atoms with E-state index in [9.17, 15) is 14.4 Å². The fourth-order valence-corrected chi connectivity index (χ4v) is 1.80. The number of carbonyl (C=O) groups excluding carboxylic acids is 1. The number of carbonyl (C=O) groups is 1. The average Bonchev–Trinajstić information content (AvgIpc) is 2.48. The Morgan fingerprint density at radius 3 is 2.64 bits per heavy atom. The average molecular weight is 310 g/mol. The lowest BCUT2D eigenvalue weighted by Gasteiger charge is -2.09. The number of hydrogen-bond acceptors (Lipinski definition) is 5. The van der Waals surface area contributed by atoms with Crippen molar-refractivity contribution in [1.29, 1.82) is 0 Å². The Labute approximate surface area is 128 Å². The summed E-state index contributed by atoms with van der Waals surface area (Å²) in [5, 5.41) is 0. The van der Waals surface area contributed by atoms with E-state index in [1.54, 1.807) is 26.0 Å². The van der Waals surface area contributed by atoms with Gasteiger partial charge in [0.25, 0.3) is 5.56 Å². The van der Waals surface area contributed by atoms with E-state index in [1.807, 2.05) is 0 Å². The maximum Gasteiger partial charge on any atom is 0.332 e. The molecule has 1 heterocycles. The van der Waals surface area contributed by atoms with Crippen LogP contribution >= 0.6 is 0 Å². The van der Waals surface area contributed by atoms with Gasteiger partial charge in [-0.15, -0.1) is 0 Å². The van der Waals surface area contributed by atoms with Crippen molar-refractivity contribution in [3.05, 3.63) is 26.9 Å². The first-order valence-electron chi connectivity index (χ1n) is 6.95. The molecule has 1 aromatic rings. The van der Waals surface area contributed by atoms with E-state index in [-0.39, 0.29) is 18.9 Å². The van der Waals surface area contributed by atoms with Gasteiger partial charge in [-0.1, -0.05) is 0 Å². The van der Waals surface area contributed by atoms with E-state index in [4.69, 9.17) is 0 Å². The third-order valence-electron chi connectivity index (χ3n) is 3.04. The van der Waals surface area contributed by atoms with Gasteiger partial charge in [0.2, 0.25) is 0 Å². The molecule has 22 heavy (non-hydrogen) atoms. The minimum atomic E-state index is -0.420. The second-order valence-corrected chi connectivity index (χ2v) is 5.08. The summed E-state index contributed by atoms with van der Waals surface area (Å²) >= 11 is 0. The molecule has 1 rings (SSSR count). The zero-order valence-corrected chi connectivity index (χ0v) is 13.4. The smallest absolute Gasteiger partial charge is 0.332 e. The summed E-state index contributed by atoms with van der Waals surface area (Å²) in [5.74, 6) is 0.00290. The van der Waals surface area contributed by atoms with E-state index in [0.717, 1.165) is 4.57 Å². The van der Waals surface area contributed by atoms with Crippen molar-refractivity contribution >= 4 is 18.1 Å². The van der Waals surface area contributed by atoms with Crippen molar-refractivity contribution in [2.24, 2.45) is 12.0 Å². The van der Waals surface area contributed by atoms with Crippen molar-refractivity contribution in [3.63, 3.8) is 0 Å². The molecule has 0 aliphatic heterocycles. The maximum absolute atomic E-state index is 12.2. The number of methoxy groups -OCH3 is 1. The van der Waals surface area contributed by atoms with E-state index < -0.39 is 11.2 Å². The van der Waals surface area contributed by atoms with Gasteiger partial charge in [-0.05, 0) is 12.8 Å². The summed E-state index contributed by atoms with van der Waals surface area (Å²) in [6, 6.07) is 1.32. The Morgan fingerprint density at radius 1 is 1.36 bits per heavy atom. The molecule has 0 amide bonds. The van der Waals surface area contributed by atoms with Crippen LogP contribution in [0.15, 0.2) is 20.6 Å². The van der Waals surface area contributed by atoms with Gasteiger partial charge in [0.05, 0.1) is 13.4 Å². The standard InChI is InChI=1S/C14H22N4O4/c1-16(2)10-15-11-9-12(19)18(14(21)17(11)3)8-6-5-7-13(20)22-4/h9-10H,5-8H2,1-4H3. The number of unbranched alkanes of at least 4 members (excludes halogenated alkanes) is 1. The summed E-state index contributed by atoms with van der Waals surface area (Å²) in [6.07, 6.45) is 2.90.